The average Bonchev–Trinajstić information content (AvgIpc) is 2.57. The summed E-state index contributed by atoms with van der Waals surface area (Å²) in [6.07, 6.45) is 8.21. The molecule has 2 nitrogen and oxygen atoms in total. The zero-order chi connectivity index (χ0) is 17.1. The molecule has 2 rings (SSSR count). The van der Waals surface area contributed by atoms with Gasteiger partial charge >= 0.3 is 0 Å². The Labute approximate surface area is 140 Å². The third-order valence-electron chi connectivity index (χ3n) is 3.24. The largest absolute Gasteiger partial charge is 0.497 e. The van der Waals surface area contributed by atoms with E-state index < -0.39 is 0 Å². The summed E-state index contributed by atoms with van der Waals surface area (Å²) in [5, 5.41) is 0. The zero-order valence-corrected chi connectivity index (χ0v) is 14.8. The molecule has 2 heteroatoms. The molecule has 0 radical (unpaired) electrons. The van der Waals surface area contributed by atoms with Crippen molar-refractivity contribution in [3.63, 3.8) is 0 Å². The molecule has 0 saturated heterocycles. The highest BCUT2D eigenvalue weighted by molar-refractivity contribution is 5.55. The standard InChI is InChI=1S/C11H15N.C10H12O/c1-4-5-10-6-8-11(9-7-10)12(2)3;1-3-4-9-5-7-10(11-2)8-6-9/h4-9H,1-3H3;3-8H,1-2H3/b5-4+;4-3+. The van der Waals surface area contributed by atoms with Gasteiger partial charge in [-0.1, -0.05) is 48.6 Å². The van der Waals surface area contributed by atoms with Crippen molar-refractivity contribution >= 4 is 17.8 Å². The van der Waals surface area contributed by atoms with E-state index in [2.05, 4.69) is 41.3 Å². The molecule has 0 aromatic heterocycles. The van der Waals surface area contributed by atoms with E-state index in [4.69, 9.17) is 4.74 Å². The Balaban J connectivity index is 0.000000231. The van der Waals surface area contributed by atoms with Crippen LogP contribution in [0, 0.1) is 0 Å². The van der Waals surface area contributed by atoms with E-state index in [0.29, 0.717) is 0 Å². The molecule has 0 atom stereocenters. The SMILES string of the molecule is C/C=C/c1ccc(N(C)C)cc1.C/C=C/c1ccc(OC)cc1. The molecule has 0 N–H and O–H groups in total. The van der Waals surface area contributed by atoms with Crippen molar-refractivity contribution in [1.82, 2.24) is 0 Å². The lowest BCUT2D eigenvalue weighted by Crippen LogP contribution is -2.07. The van der Waals surface area contributed by atoms with Gasteiger partial charge in [0, 0.05) is 19.8 Å². The summed E-state index contributed by atoms with van der Waals surface area (Å²) >= 11 is 0. The minimum absolute atomic E-state index is 0.901. The second-order valence-electron chi connectivity index (χ2n) is 5.26. The minimum Gasteiger partial charge on any atom is -0.497 e. The molecule has 0 bridgehead atoms. The zero-order valence-electron chi connectivity index (χ0n) is 14.8. The van der Waals surface area contributed by atoms with E-state index in [1.165, 1.54) is 16.8 Å². The summed E-state index contributed by atoms with van der Waals surface area (Å²) in [4.78, 5) is 2.10. The number of benzene rings is 2. The lowest BCUT2D eigenvalue weighted by Gasteiger charge is -2.11. The molecular weight excluding hydrogens is 282 g/mol. The molecule has 0 heterocycles. The van der Waals surface area contributed by atoms with Crippen LogP contribution in [0.4, 0.5) is 5.69 Å². The van der Waals surface area contributed by atoms with Crippen LogP contribution < -0.4 is 9.64 Å². The van der Waals surface area contributed by atoms with Crippen LogP contribution in [-0.4, -0.2) is 21.2 Å². The number of nitrogens with zero attached hydrogens (tertiary/aromatic N) is 1. The first-order valence-corrected chi connectivity index (χ1v) is 7.77. The predicted molar refractivity (Wildman–Crippen MR) is 103 cm³/mol. The van der Waals surface area contributed by atoms with Gasteiger partial charge in [0.1, 0.15) is 5.75 Å². The molecule has 2 aromatic rings. The quantitative estimate of drug-likeness (QED) is 0.738. The third-order valence-corrected chi connectivity index (χ3v) is 3.24. The number of allylic oxidation sites excluding steroid dienone is 2. The molecule has 0 aliphatic heterocycles. The van der Waals surface area contributed by atoms with Gasteiger partial charge in [0.25, 0.3) is 0 Å². The maximum Gasteiger partial charge on any atom is 0.118 e. The fourth-order valence-electron chi connectivity index (χ4n) is 1.98. The Morgan fingerprint density at radius 3 is 1.52 bits per heavy atom. The van der Waals surface area contributed by atoms with E-state index in [9.17, 15) is 0 Å². The van der Waals surface area contributed by atoms with E-state index in [1.807, 2.05) is 64.4 Å². The summed E-state index contributed by atoms with van der Waals surface area (Å²) in [5.74, 6) is 0.901. The second kappa shape index (κ2) is 10.3. The van der Waals surface area contributed by atoms with Crippen molar-refractivity contribution in [2.24, 2.45) is 0 Å². The monoisotopic (exact) mass is 309 g/mol. The highest BCUT2D eigenvalue weighted by Gasteiger charge is 1.92. The Morgan fingerprint density at radius 2 is 1.17 bits per heavy atom. The second-order valence-corrected chi connectivity index (χ2v) is 5.26. The van der Waals surface area contributed by atoms with Crippen LogP contribution in [0.25, 0.3) is 12.2 Å². The predicted octanol–water partition coefficient (Wildman–Crippen LogP) is 5.51. The fraction of sp³-hybridized carbons (Fsp3) is 0.238. The van der Waals surface area contributed by atoms with Crippen LogP contribution in [-0.2, 0) is 0 Å². The first-order chi connectivity index (χ1) is 11.1. The summed E-state index contributed by atoms with van der Waals surface area (Å²) in [6.45, 7) is 4.03. The minimum atomic E-state index is 0.901. The lowest BCUT2D eigenvalue weighted by atomic mass is 10.2. The molecule has 0 amide bonds. The molecule has 0 spiro atoms. The Hall–Kier alpha value is -2.48. The summed E-state index contributed by atoms with van der Waals surface area (Å²) in [6, 6.07) is 16.4. The lowest BCUT2D eigenvalue weighted by molar-refractivity contribution is 0.415. The van der Waals surface area contributed by atoms with Crippen LogP contribution >= 0.6 is 0 Å². The maximum absolute atomic E-state index is 5.02. The highest BCUT2D eigenvalue weighted by Crippen LogP contribution is 2.13. The molecule has 0 saturated carbocycles. The third kappa shape index (κ3) is 6.88. The van der Waals surface area contributed by atoms with Gasteiger partial charge in [0.05, 0.1) is 7.11 Å². The Kier molecular flexibility index (Phi) is 8.30. The van der Waals surface area contributed by atoms with Crippen molar-refractivity contribution in [2.45, 2.75) is 13.8 Å². The van der Waals surface area contributed by atoms with Crippen LogP contribution in [0.2, 0.25) is 0 Å². The highest BCUT2D eigenvalue weighted by atomic mass is 16.5. The van der Waals surface area contributed by atoms with Crippen molar-refractivity contribution in [1.29, 1.82) is 0 Å². The summed E-state index contributed by atoms with van der Waals surface area (Å²) in [5.41, 5.74) is 3.69. The Morgan fingerprint density at radius 1 is 0.739 bits per heavy atom. The van der Waals surface area contributed by atoms with Gasteiger partial charge in [-0.3, -0.25) is 0 Å². The number of methoxy groups -OCH3 is 1. The van der Waals surface area contributed by atoms with Gasteiger partial charge in [-0.05, 0) is 49.2 Å². The number of ether oxygens (including phenoxy) is 1. The summed E-state index contributed by atoms with van der Waals surface area (Å²) in [7, 11) is 5.76. The van der Waals surface area contributed by atoms with Crippen molar-refractivity contribution in [3.05, 3.63) is 71.8 Å². The van der Waals surface area contributed by atoms with E-state index in [0.717, 1.165) is 5.75 Å². The van der Waals surface area contributed by atoms with Gasteiger partial charge in [0.15, 0.2) is 0 Å². The topological polar surface area (TPSA) is 12.5 Å². The number of hydrogen-bond acceptors (Lipinski definition) is 2. The summed E-state index contributed by atoms with van der Waals surface area (Å²) < 4.78 is 5.02. The number of hydrogen-bond donors (Lipinski definition) is 0. The van der Waals surface area contributed by atoms with Gasteiger partial charge in [-0.15, -0.1) is 0 Å². The van der Waals surface area contributed by atoms with Crippen molar-refractivity contribution < 1.29 is 4.74 Å². The number of rotatable bonds is 4. The molecule has 0 fully saturated rings. The van der Waals surface area contributed by atoms with Crippen LogP contribution in [0.5, 0.6) is 5.75 Å². The van der Waals surface area contributed by atoms with Gasteiger partial charge in [-0.2, -0.15) is 0 Å². The van der Waals surface area contributed by atoms with Gasteiger partial charge in [0.2, 0.25) is 0 Å². The molecule has 122 valence electrons. The molecule has 0 aliphatic carbocycles. The van der Waals surface area contributed by atoms with E-state index in [-0.39, 0.29) is 0 Å². The van der Waals surface area contributed by atoms with Crippen LogP contribution in [0.3, 0.4) is 0 Å². The Bertz CT molecular complexity index is 607. The normalized spacial score (nSPS) is 10.5. The average molecular weight is 309 g/mol. The molecule has 2 aromatic carbocycles. The first-order valence-electron chi connectivity index (χ1n) is 7.77. The molecule has 23 heavy (non-hydrogen) atoms. The molecular formula is C21H27NO. The van der Waals surface area contributed by atoms with E-state index in [1.54, 1.807) is 7.11 Å². The maximum atomic E-state index is 5.02. The smallest absolute Gasteiger partial charge is 0.118 e. The molecule has 0 unspecified atom stereocenters. The first kappa shape index (κ1) is 18.6. The van der Waals surface area contributed by atoms with Crippen molar-refractivity contribution in [3.8, 4) is 5.75 Å². The van der Waals surface area contributed by atoms with Crippen LogP contribution in [0.1, 0.15) is 25.0 Å². The fourth-order valence-corrected chi connectivity index (χ4v) is 1.98. The van der Waals surface area contributed by atoms with Gasteiger partial charge < -0.3 is 9.64 Å². The number of anilines is 1. The molecule has 0 aliphatic rings. The van der Waals surface area contributed by atoms with Crippen LogP contribution in [0.15, 0.2) is 60.7 Å². The van der Waals surface area contributed by atoms with E-state index >= 15 is 0 Å². The van der Waals surface area contributed by atoms with Crippen molar-refractivity contribution in [2.75, 3.05) is 26.1 Å². The van der Waals surface area contributed by atoms with Gasteiger partial charge in [-0.25, -0.2) is 0 Å².